The summed E-state index contributed by atoms with van der Waals surface area (Å²) in [5.41, 5.74) is 9.01. The number of ether oxygens (including phenoxy) is 6. The fraction of sp³-hybridized carbons (Fsp3) is 0.288. The summed E-state index contributed by atoms with van der Waals surface area (Å²) >= 11 is 0. The number of hydrogen-bond acceptors (Lipinski definition) is 11. The molecule has 0 spiro atoms. The summed E-state index contributed by atoms with van der Waals surface area (Å²) in [7, 11) is 0. The number of benzene rings is 8. The van der Waals surface area contributed by atoms with Crippen LogP contribution in [0.15, 0.2) is 194 Å². The predicted molar refractivity (Wildman–Crippen MR) is 329 cm³/mol. The molecule has 11 nitrogen and oxygen atoms in total. The van der Waals surface area contributed by atoms with Gasteiger partial charge in [0.1, 0.15) is 79.0 Å². The minimum atomic E-state index is -0.927. The molecule has 0 saturated heterocycles. The molecule has 434 valence electrons. The van der Waals surface area contributed by atoms with Gasteiger partial charge < -0.3 is 52.7 Å². The zero-order valence-electron chi connectivity index (χ0n) is 49.0. The van der Waals surface area contributed by atoms with Crippen LogP contribution in [0.2, 0.25) is 0 Å². The van der Waals surface area contributed by atoms with Crippen LogP contribution in [-0.2, 0) is 40.8 Å². The summed E-state index contributed by atoms with van der Waals surface area (Å²) in [4.78, 5) is 43.5. The second-order valence-corrected chi connectivity index (χ2v) is 22.3. The first kappa shape index (κ1) is 61.3. The first-order chi connectivity index (χ1) is 40.6. The monoisotopic (exact) mass is 1130 g/mol. The summed E-state index contributed by atoms with van der Waals surface area (Å²) < 4.78 is 35.4. The van der Waals surface area contributed by atoms with Gasteiger partial charge in [-0.2, -0.15) is 0 Å². The Morgan fingerprint density at radius 3 is 0.655 bits per heavy atom. The zero-order valence-corrected chi connectivity index (χ0v) is 49.0. The first-order valence-electron chi connectivity index (χ1n) is 28.7. The fourth-order valence-electron chi connectivity index (χ4n) is 10.6. The van der Waals surface area contributed by atoms with Crippen LogP contribution in [0.1, 0.15) is 123 Å². The molecule has 0 aliphatic heterocycles. The molecular formula is C73H76O11. The third-order valence-corrected chi connectivity index (χ3v) is 16.1. The van der Waals surface area contributed by atoms with Crippen LogP contribution in [0.5, 0.6) is 34.5 Å². The van der Waals surface area contributed by atoms with E-state index in [0.717, 1.165) is 92.3 Å². The van der Waals surface area contributed by atoms with Crippen LogP contribution in [0, 0.1) is 0 Å². The lowest BCUT2D eigenvalue weighted by atomic mass is 9.70. The molecule has 0 amide bonds. The van der Waals surface area contributed by atoms with Crippen molar-refractivity contribution in [1.29, 1.82) is 0 Å². The van der Waals surface area contributed by atoms with Crippen molar-refractivity contribution in [3.8, 4) is 34.5 Å². The summed E-state index contributed by atoms with van der Waals surface area (Å²) in [6, 6.07) is 65.5. The molecule has 2 unspecified atom stereocenters. The van der Waals surface area contributed by atoms with E-state index in [1.54, 1.807) is 0 Å². The van der Waals surface area contributed by atoms with Crippen LogP contribution in [-0.4, -0.2) is 76.0 Å². The largest absolute Gasteiger partial charge is 0.493 e. The normalized spacial score (nSPS) is 13.3. The van der Waals surface area contributed by atoms with E-state index < -0.39 is 16.9 Å². The Morgan fingerprint density at radius 2 is 0.452 bits per heavy atom. The minimum Gasteiger partial charge on any atom is -0.493 e. The van der Waals surface area contributed by atoms with E-state index in [-0.39, 0.29) is 24.0 Å². The fourth-order valence-corrected chi connectivity index (χ4v) is 10.6. The smallest absolute Gasteiger partial charge is 0.123 e. The van der Waals surface area contributed by atoms with Gasteiger partial charge >= 0.3 is 0 Å². The number of carbonyl (C=O) groups excluding carboxylic acids is 4. The van der Waals surface area contributed by atoms with Gasteiger partial charge in [0, 0.05) is 47.3 Å². The lowest BCUT2D eigenvalue weighted by Crippen LogP contribution is -2.27. The Hall–Kier alpha value is -8.80. The summed E-state index contributed by atoms with van der Waals surface area (Å²) in [5, 5.41) is 11.2. The van der Waals surface area contributed by atoms with Gasteiger partial charge in [-0.05, 0) is 142 Å². The third-order valence-electron chi connectivity index (χ3n) is 16.1. The van der Waals surface area contributed by atoms with E-state index in [0.29, 0.717) is 75.1 Å². The number of carbonyl (C=O) groups is 4. The highest BCUT2D eigenvalue weighted by molar-refractivity contribution is 5.56. The van der Waals surface area contributed by atoms with Crippen molar-refractivity contribution < 1.29 is 52.7 Å². The Labute approximate surface area is 494 Å². The van der Waals surface area contributed by atoms with Crippen LogP contribution in [0.4, 0.5) is 0 Å². The Balaban J connectivity index is 0.949. The maximum absolute atomic E-state index is 11.2. The molecule has 2 atom stereocenters. The van der Waals surface area contributed by atoms with Crippen molar-refractivity contribution in [2.45, 2.75) is 95.0 Å². The Kier molecular flexibility index (Phi) is 20.8. The third kappa shape index (κ3) is 14.7. The van der Waals surface area contributed by atoms with Gasteiger partial charge in [-0.25, -0.2) is 0 Å². The van der Waals surface area contributed by atoms with E-state index in [4.69, 9.17) is 28.4 Å². The van der Waals surface area contributed by atoms with Crippen molar-refractivity contribution in [2.24, 2.45) is 0 Å². The van der Waals surface area contributed by atoms with E-state index in [1.807, 2.05) is 72.8 Å². The molecule has 84 heavy (non-hydrogen) atoms. The van der Waals surface area contributed by atoms with Crippen molar-refractivity contribution >= 4 is 25.1 Å². The summed E-state index contributed by atoms with van der Waals surface area (Å²) in [6.45, 7) is 14.5. The quantitative estimate of drug-likeness (QED) is 0.0244. The molecular weight excluding hydrogens is 1050 g/mol. The van der Waals surface area contributed by atoms with Crippen LogP contribution in [0.3, 0.4) is 0 Å². The molecule has 8 aromatic carbocycles. The van der Waals surface area contributed by atoms with E-state index in [1.165, 1.54) is 0 Å². The average molecular weight is 1130 g/mol. The van der Waals surface area contributed by atoms with Gasteiger partial charge in [-0.3, -0.25) is 0 Å². The SMILES string of the molecule is CC(C)(c1ccc(OCCC=O)cc1)c1ccc(C(C)(c2ccc(OCCC=O)cc2)c2ccc(OCC(O)COc3ccc(C(C)(c4ccc(OCCC=O)cc4)c4ccc(C(C)(C)c5ccc(OCCC=O)cc5)cc4)cc3)cc2)cc1. The van der Waals surface area contributed by atoms with Gasteiger partial charge in [0.15, 0.2) is 0 Å². The van der Waals surface area contributed by atoms with Crippen molar-refractivity contribution in [2.75, 3.05) is 39.6 Å². The highest BCUT2D eigenvalue weighted by Gasteiger charge is 2.34. The van der Waals surface area contributed by atoms with Crippen molar-refractivity contribution in [3.63, 3.8) is 0 Å². The van der Waals surface area contributed by atoms with E-state index >= 15 is 0 Å². The van der Waals surface area contributed by atoms with E-state index in [2.05, 4.69) is 163 Å². The molecule has 0 aliphatic carbocycles. The van der Waals surface area contributed by atoms with Gasteiger partial charge in [0.25, 0.3) is 0 Å². The second kappa shape index (κ2) is 28.5. The number of rotatable bonds is 32. The van der Waals surface area contributed by atoms with Gasteiger partial charge in [0.05, 0.1) is 26.4 Å². The predicted octanol–water partition coefficient (Wildman–Crippen LogP) is 13.7. The lowest BCUT2D eigenvalue weighted by molar-refractivity contribution is -0.109. The zero-order chi connectivity index (χ0) is 59.6. The molecule has 0 saturated carbocycles. The molecule has 8 rings (SSSR count). The van der Waals surface area contributed by atoms with Crippen LogP contribution < -0.4 is 28.4 Å². The first-order valence-corrected chi connectivity index (χ1v) is 28.7. The number of aliphatic hydroxyl groups is 1. The number of hydrogen-bond donors (Lipinski definition) is 1. The van der Waals surface area contributed by atoms with Gasteiger partial charge in [-0.15, -0.1) is 0 Å². The maximum Gasteiger partial charge on any atom is 0.123 e. The van der Waals surface area contributed by atoms with Gasteiger partial charge in [0.2, 0.25) is 0 Å². The van der Waals surface area contributed by atoms with Crippen LogP contribution >= 0.6 is 0 Å². The average Bonchev–Trinajstić information content (AvgIpc) is 1.21. The van der Waals surface area contributed by atoms with Crippen LogP contribution in [0.25, 0.3) is 0 Å². The summed E-state index contributed by atoms with van der Waals surface area (Å²) in [5.74, 6) is 4.02. The maximum atomic E-state index is 11.2. The molecule has 0 radical (unpaired) electrons. The van der Waals surface area contributed by atoms with Gasteiger partial charge in [-0.1, -0.05) is 149 Å². The standard InChI is InChI=1S/C73H76O11/c1-70(2,55-19-31-64(32-20-55)79-47-7-43-74)53-11-15-57(16-12-53)72(5,59-23-35-66(36-24-59)81-49-9-45-76)61-27-39-68(40-28-61)83-51-63(78)52-84-69-41-29-62(30-42-69)73(6,60-25-37-67(38-26-60)82-50-10-46-77)58-17-13-54(14-18-58)71(3,4)56-21-33-65(34-22-56)80-48-8-44-75/h11-46,63,78H,7-10,47-52H2,1-6H3. The Morgan fingerprint density at radius 1 is 0.286 bits per heavy atom. The lowest BCUT2D eigenvalue weighted by Gasteiger charge is -2.33. The highest BCUT2D eigenvalue weighted by atomic mass is 16.5. The molecule has 8 aromatic rings. The van der Waals surface area contributed by atoms with Crippen molar-refractivity contribution in [1.82, 2.24) is 0 Å². The molecule has 0 aliphatic rings. The number of aliphatic hydroxyl groups excluding tert-OH is 1. The molecule has 0 aromatic heterocycles. The molecule has 0 heterocycles. The van der Waals surface area contributed by atoms with Crippen molar-refractivity contribution in [3.05, 3.63) is 250 Å². The molecule has 0 fully saturated rings. The Bertz CT molecular complexity index is 3130. The molecule has 0 bridgehead atoms. The minimum absolute atomic E-state index is 0.00929. The summed E-state index contributed by atoms with van der Waals surface area (Å²) in [6.07, 6.45) is 3.80. The topological polar surface area (TPSA) is 144 Å². The second-order valence-electron chi connectivity index (χ2n) is 22.3. The molecule has 11 heteroatoms. The van der Waals surface area contributed by atoms with E-state index in [9.17, 15) is 24.3 Å². The molecule has 1 N–H and O–H groups in total. The highest BCUT2D eigenvalue weighted by Crippen LogP contribution is 2.44. The number of aldehydes is 4.